The van der Waals surface area contributed by atoms with Crippen molar-refractivity contribution in [3.05, 3.63) is 94.5 Å². The lowest BCUT2D eigenvalue weighted by atomic mass is 10.1. The van der Waals surface area contributed by atoms with E-state index in [4.69, 9.17) is 16.3 Å². The maximum absolute atomic E-state index is 12.9. The molecule has 0 aliphatic rings. The summed E-state index contributed by atoms with van der Waals surface area (Å²) in [5.74, 6) is 0.299. The van der Waals surface area contributed by atoms with Crippen LogP contribution in [0.1, 0.15) is 21.5 Å². The van der Waals surface area contributed by atoms with E-state index in [0.29, 0.717) is 10.8 Å². The first-order valence-electron chi connectivity index (χ1n) is 9.51. The number of carbonyl (C=O) groups excluding carboxylic acids is 1. The van der Waals surface area contributed by atoms with Crippen molar-refractivity contribution < 1.29 is 17.9 Å². The van der Waals surface area contributed by atoms with Gasteiger partial charge in [0, 0.05) is 36.3 Å². The molecule has 1 N–H and O–H groups in total. The molecule has 0 fully saturated rings. The summed E-state index contributed by atoms with van der Waals surface area (Å²) in [5, 5.41) is 0.536. The molecule has 0 aliphatic carbocycles. The smallest absolute Gasteiger partial charge is 0.253 e. The SMILES string of the molecule is COc1ccc(Cl)cc1CN(C)C(=O)c1cccc(S(=O)(=O)NCc2ccccc2)c1. The van der Waals surface area contributed by atoms with E-state index in [9.17, 15) is 13.2 Å². The van der Waals surface area contributed by atoms with E-state index in [1.165, 1.54) is 17.0 Å². The normalized spacial score (nSPS) is 11.2. The Morgan fingerprint density at radius 3 is 2.48 bits per heavy atom. The van der Waals surface area contributed by atoms with Crippen molar-refractivity contribution in [1.29, 1.82) is 0 Å². The van der Waals surface area contributed by atoms with Gasteiger partial charge in [0.25, 0.3) is 5.91 Å². The van der Waals surface area contributed by atoms with Crippen LogP contribution >= 0.6 is 11.6 Å². The highest BCUT2D eigenvalue weighted by molar-refractivity contribution is 7.89. The Kier molecular flexibility index (Phi) is 7.33. The number of halogens is 1. The highest BCUT2D eigenvalue weighted by atomic mass is 35.5. The number of methoxy groups -OCH3 is 1. The minimum absolute atomic E-state index is 0.0306. The van der Waals surface area contributed by atoms with Gasteiger partial charge in [0.2, 0.25) is 10.0 Å². The Morgan fingerprint density at radius 1 is 1.03 bits per heavy atom. The summed E-state index contributed by atoms with van der Waals surface area (Å²) >= 11 is 6.07. The maximum Gasteiger partial charge on any atom is 0.253 e. The van der Waals surface area contributed by atoms with Crippen molar-refractivity contribution in [2.45, 2.75) is 18.0 Å². The largest absolute Gasteiger partial charge is 0.496 e. The van der Waals surface area contributed by atoms with Crippen molar-refractivity contribution in [2.24, 2.45) is 0 Å². The van der Waals surface area contributed by atoms with Crippen molar-refractivity contribution in [3.63, 3.8) is 0 Å². The second-order valence-electron chi connectivity index (χ2n) is 6.96. The molecule has 8 heteroatoms. The van der Waals surface area contributed by atoms with Crippen LogP contribution in [0.2, 0.25) is 5.02 Å². The molecule has 3 rings (SSSR count). The molecule has 6 nitrogen and oxygen atoms in total. The summed E-state index contributed by atoms with van der Waals surface area (Å²) in [6.07, 6.45) is 0. The van der Waals surface area contributed by atoms with Gasteiger partial charge < -0.3 is 9.64 Å². The average molecular weight is 459 g/mol. The molecule has 0 unspecified atom stereocenters. The third-order valence-corrected chi connectivity index (χ3v) is 6.33. The van der Waals surface area contributed by atoms with E-state index < -0.39 is 10.0 Å². The molecule has 0 saturated heterocycles. The van der Waals surface area contributed by atoms with Crippen molar-refractivity contribution in [2.75, 3.05) is 14.2 Å². The van der Waals surface area contributed by atoms with E-state index in [1.807, 2.05) is 30.3 Å². The topological polar surface area (TPSA) is 75.7 Å². The summed E-state index contributed by atoms with van der Waals surface area (Å²) in [7, 11) is -0.590. The minimum Gasteiger partial charge on any atom is -0.496 e. The number of rotatable bonds is 8. The van der Waals surface area contributed by atoms with Gasteiger partial charge in [-0.1, -0.05) is 48.0 Å². The van der Waals surface area contributed by atoms with Gasteiger partial charge >= 0.3 is 0 Å². The number of nitrogens with zero attached hydrogens (tertiary/aromatic N) is 1. The van der Waals surface area contributed by atoms with Gasteiger partial charge in [-0.2, -0.15) is 0 Å². The van der Waals surface area contributed by atoms with Crippen LogP contribution in [0.4, 0.5) is 0 Å². The molecular weight excluding hydrogens is 436 g/mol. The zero-order valence-corrected chi connectivity index (χ0v) is 18.8. The van der Waals surface area contributed by atoms with E-state index in [2.05, 4.69) is 4.72 Å². The van der Waals surface area contributed by atoms with E-state index in [1.54, 1.807) is 44.5 Å². The predicted octanol–water partition coefficient (Wildman–Crippen LogP) is 4.10. The lowest BCUT2D eigenvalue weighted by Gasteiger charge is -2.19. The van der Waals surface area contributed by atoms with Crippen molar-refractivity contribution in [3.8, 4) is 5.75 Å². The van der Waals surface area contributed by atoms with Crippen LogP contribution in [-0.4, -0.2) is 33.4 Å². The van der Waals surface area contributed by atoms with E-state index in [-0.39, 0.29) is 29.5 Å². The standard InChI is InChI=1S/C23H23ClN2O4S/c1-26(16-19-13-20(24)11-12-22(19)30-2)23(27)18-9-6-10-21(14-18)31(28,29)25-15-17-7-4-3-5-8-17/h3-14,25H,15-16H2,1-2H3. The van der Waals surface area contributed by atoms with Crippen LogP contribution in [0.15, 0.2) is 77.7 Å². The number of amides is 1. The molecule has 1 amide bonds. The van der Waals surface area contributed by atoms with Crippen molar-refractivity contribution >= 4 is 27.5 Å². The first kappa shape index (κ1) is 22.8. The number of hydrogen-bond acceptors (Lipinski definition) is 4. The Labute approximate surface area is 187 Å². The zero-order valence-electron chi connectivity index (χ0n) is 17.2. The predicted molar refractivity (Wildman–Crippen MR) is 121 cm³/mol. The molecule has 162 valence electrons. The van der Waals surface area contributed by atoms with Gasteiger partial charge in [0.15, 0.2) is 0 Å². The van der Waals surface area contributed by atoms with Crippen LogP contribution < -0.4 is 9.46 Å². The Bertz CT molecular complexity index is 1170. The zero-order chi connectivity index (χ0) is 22.4. The molecule has 0 saturated carbocycles. The number of nitrogens with one attached hydrogen (secondary N) is 1. The summed E-state index contributed by atoms with van der Waals surface area (Å²) in [6.45, 7) is 0.418. The molecule has 0 radical (unpaired) electrons. The lowest BCUT2D eigenvalue weighted by molar-refractivity contribution is 0.0784. The van der Waals surface area contributed by atoms with Gasteiger partial charge in [-0.15, -0.1) is 0 Å². The summed E-state index contributed by atoms with van der Waals surface area (Å²) in [5.41, 5.74) is 1.86. The maximum atomic E-state index is 12.9. The molecule has 31 heavy (non-hydrogen) atoms. The van der Waals surface area contributed by atoms with Crippen LogP contribution in [0.25, 0.3) is 0 Å². The lowest BCUT2D eigenvalue weighted by Crippen LogP contribution is -2.27. The van der Waals surface area contributed by atoms with Crippen molar-refractivity contribution in [1.82, 2.24) is 9.62 Å². The van der Waals surface area contributed by atoms with Gasteiger partial charge in [-0.05, 0) is 42.0 Å². The number of sulfonamides is 1. The van der Waals surface area contributed by atoms with Crippen LogP contribution in [0.3, 0.4) is 0 Å². The van der Waals surface area contributed by atoms with E-state index >= 15 is 0 Å². The number of ether oxygens (including phenoxy) is 1. The summed E-state index contributed by atoms with van der Waals surface area (Å²) < 4.78 is 33.3. The average Bonchev–Trinajstić information content (AvgIpc) is 2.78. The Balaban J connectivity index is 1.75. The van der Waals surface area contributed by atoms with Crippen LogP contribution in [0, 0.1) is 0 Å². The third kappa shape index (κ3) is 5.85. The van der Waals surface area contributed by atoms with Crippen LogP contribution in [-0.2, 0) is 23.1 Å². The van der Waals surface area contributed by atoms with E-state index in [0.717, 1.165) is 11.1 Å². The highest BCUT2D eigenvalue weighted by Crippen LogP contribution is 2.24. The number of carbonyl (C=O) groups is 1. The molecular formula is C23H23ClN2O4S. The van der Waals surface area contributed by atoms with Gasteiger partial charge in [-0.25, -0.2) is 13.1 Å². The second kappa shape index (κ2) is 9.96. The highest BCUT2D eigenvalue weighted by Gasteiger charge is 2.19. The fraction of sp³-hybridized carbons (Fsp3) is 0.174. The Hall–Kier alpha value is -2.87. The summed E-state index contributed by atoms with van der Waals surface area (Å²) in [4.78, 5) is 14.4. The molecule has 3 aromatic carbocycles. The Morgan fingerprint density at radius 2 is 1.77 bits per heavy atom. The minimum atomic E-state index is -3.77. The molecule has 0 bridgehead atoms. The monoisotopic (exact) mass is 458 g/mol. The molecule has 3 aromatic rings. The molecule has 0 heterocycles. The molecule has 0 aliphatic heterocycles. The number of hydrogen-bond donors (Lipinski definition) is 1. The summed E-state index contributed by atoms with van der Waals surface area (Å²) in [6, 6.07) is 20.4. The fourth-order valence-corrected chi connectivity index (χ4v) is 4.33. The van der Waals surface area contributed by atoms with Crippen LogP contribution in [0.5, 0.6) is 5.75 Å². The third-order valence-electron chi connectivity index (χ3n) is 4.70. The molecule has 0 aromatic heterocycles. The first-order valence-corrected chi connectivity index (χ1v) is 11.4. The second-order valence-corrected chi connectivity index (χ2v) is 9.16. The number of benzene rings is 3. The van der Waals surface area contributed by atoms with Gasteiger partial charge in [0.1, 0.15) is 5.75 Å². The molecule has 0 spiro atoms. The first-order chi connectivity index (χ1) is 14.8. The quantitative estimate of drug-likeness (QED) is 0.551. The van der Waals surface area contributed by atoms with Gasteiger partial charge in [0.05, 0.1) is 12.0 Å². The van der Waals surface area contributed by atoms with Gasteiger partial charge in [-0.3, -0.25) is 4.79 Å². The fourth-order valence-electron chi connectivity index (χ4n) is 3.07. The molecule has 0 atom stereocenters.